The highest BCUT2D eigenvalue weighted by molar-refractivity contribution is 8.01. The molecule has 4 rings (SSSR count). The Hall–Kier alpha value is -2.15. The van der Waals surface area contributed by atoms with Crippen LogP contribution in [-0.4, -0.2) is 55.5 Å². The van der Waals surface area contributed by atoms with Crippen LogP contribution in [0.1, 0.15) is 16.9 Å². The first-order valence-corrected chi connectivity index (χ1v) is 8.50. The van der Waals surface area contributed by atoms with Crippen molar-refractivity contribution in [2.45, 2.75) is 17.3 Å². The van der Waals surface area contributed by atoms with Crippen LogP contribution >= 0.6 is 11.8 Å². The Labute approximate surface area is 138 Å². The average molecular weight is 328 g/mol. The maximum Gasteiger partial charge on any atom is 0.274 e. The Bertz CT molecular complexity index is 692. The van der Waals surface area contributed by atoms with Gasteiger partial charge in [-0.15, -0.1) is 11.8 Å². The normalized spacial score (nSPS) is 21.9. The molecule has 6 nitrogen and oxygen atoms in total. The van der Waals surface area contributed by atoms with Crippen molar-refractivity contribution in [3.63, 3.8) is 0 Å². The number of ether oxygens (including phenoxy) is 1. The van der Waals surface area contributed by atoms with Crippen molar-refractivity contribution in [3.05, 3.63) is 48.7 Å². The van der Waals surface area contributed by atoms with E-state index in [1.54, 1.807) is 18.6 Å². The standard InChI is InChI=1S/C16H16N4O2S/c21-15(13-8-17-5-6-18-13)20-10-16(11-20)7-12(9-23-16)22-14-3-1-2-4-19-14/h1-6,8,12H,7,9-11H2. The molecule has 2 aliphatic heterocycles. The molecular weight excluding hydrogens is 312 g/mol. The second-order valence-corrected chi connectivity index (χ2v) is 7.35. The molecular formula is C16H16N4O2S. The van der Waals surface area contributed by atoms with Crippen molar-refractivity contribution in [2.24, 2.45) is 0 Å². The van der Waals surface area contributed by atoms with Gasteiger partial charge in [-0.3, -0.25) is 9.78 Å². The zero-order valence-electron chi connectivity index (χ0n) is 12.5. The van der Waals surface area contributed by atoms with Gasteiger partial charge in [-0.05, 0) is 6.07 Å². The summed E-state index contributed by atoms with van der Waals surface area (Å²) in [6.07, 6.45) is 7.46. The highest BCUT2D eigenvalue weighted by Gasteiger charge is 2.51. The van der Waals surface area contributed by atoms with E-state index in [4.69, 9.17) is 4.74 Å². The van der Waals surface area contributed by atoms with Crippen LogP contribution in [0.4, 0.5) is 0 Å². The van der Waals surface area contributed by atoms with Crippen molar-refractivity contribution in [2.75, 3.05) is 18.8 Å². The third-order valence-electron chi connectivity index (χ3n) is 4.13. The summed E-state index contributed by atoms with van der Waals surface area (Å²) < 4.78 is 6.05. The van der Waals surface area contributed by atoms with Gasteiger partial charge in [0.05, 0.1) is 10.9 Å². The van der Waals surface area contributed by atoms with Crippen LogP contribution in [0.5, 0.6) is 5.88 Å². The van der Waals surface area contributed by atoms with Gasteiger partial charge in [0.1, 0.15) is 11.8 Å². The summed E-state index contributed by atoms with van der Waals surface area (Å²) in [6.45, 7) is 1.49. The molecule has 0 radical (unpaired) electrons. The fraction of sp³-hybridized carbons (Fsp3) is 0.375. The molecule has 0 aliphatic carbocycles. The van der Waals surface area contributed by atoms with E-state index >= 15 is 0 Å². The first-order chi connectivity index (χ1) is 11.2. The summed E-state index contributed by atoms with van der Waals surface area (Å²) in [5.74, 6) is 1.56. The minimum absolute atomic E-state index is 0.0431. The zero-order valence-corrected chi connectivity index (χ0v) is 13.3. The Morgan fingerprint density at radius 1 is 1.26 bits per heavy atom. The van der Waals surface area contributed by atoms with Gasteiger partial charge in [0.25, 0.3) is 5.91 Å². The van der Waals surface area contributed by atoms with E-state index in [0.717, 1.165) is 25.3 Å². The molecule has 118 valence electrons. The van der Waals surface area contributed by atoms with Crippen LogP contribution in [0.3, 0.4) is 0 Å². The van der Waals surface area contributed by atoms with Crippen molar-refractivity contribution in [1.29, 1.82) is 0 Å². The van der Waals surface area contributed by atoms with E-state index in [0.29, 0.717) is 11.6 Å². The van der Waals surface area contributed by atoms with E-state index in [1.165, 1.54) is 6.20 Å². The molecule has 7 heteroatoms. The molecule has 4 heterocycles. The Morgan fingerprint density at radius 3 is 2.91 bits per heavy atom. The first kappa shape index (κ1) is 14.4. The molecule has 0 aromatic carbocycles. The maximum absolute atomic E-state index is 12.3. The lowest BCUT2D eigenvalue weighted by atomic mass is 9.92. The van der Waals surface area contributed by atoms with E-state index < -0.39 is 0 Å². The quantitative estimate of drug-likeness (QED) is 0.853. The molecule has 0 N–H and O–H groups in total. The topological polar surface area (TPSA) is 68.2 Å². The number of aromatic nitrogens is 3. The van der Waals surface area contributed by atoms with Crippen LogP contribution in [-0.2, 0) is 0 Å². The van der Waals surface area contributed by atoms with Gasteiger partial charge in [-0.25, -0.2) is 9.97 Å². The molecule has 1 unspecified atom stereocenters. The SMILES string of the molecule is O=C(c1cnccn1)N1CC2(CC(Oc3ccccn3)CS2)C1. The third-order valence-corrected chi connectivity index (χ3v) is 5.70. The van der Waals surface area contributed by atoms with Gasteiger partial charge >= 0.3 is 0 Å². The van der Waals surface area contributed by atoms with E-state index in [-0.39, 0.29) is 16.8 Å². The minimum atomic E-state index is -0.0431. The second-order valence-electron chi connectivity index (χ2n) is 5.86. The maximum atomic E-state index is 12.3. The van der Waals surface area contributed by atoms with Crippen molar-refractivity contribution in [1.82, 2.24) is 19.9 Å². The molecule has 0 saturated carbocycles. The van der Waals surface area contributed by atoms with Crippen molar-refractivity contribution in [3.8, 4) is 5.88 Å². The third kappa shape index (κ3) is 2.88. The van der Waals surface area contributed by atoms with Gasteiger partial charge in [0, 0.05) is 49.9 Å². The zero-order chi connectivity index (χ0) is 15.7. The molecule has 2 aliphatic rings. The number of rotatable bonds is 3. The van der Waals surface area contributed by atoms with E-state index in [1.807, 2.05) is 34.9 Å². The largest absolute Gasteiger partial charge is 0.473 e. The van der Waals surface area contributed by atoms with Gasteiger partial charge in [0.15, 0.2) is 0 Å². The average Bonchev–Trinajstić information content (AvgIpc) is 2.99. The smallest absolute Gasteiger partial charge is 0.274 e. The fourth-order valence-electron chi connectivity index (χ4n) is 3.05. The number of thioether (sulfide) groups is 1. The van der Waals surface area contributed by atoms with Crippen molar-refractivity contribution < 1.29 is 9.53 Å². The monoisotopic (exact) mass is 328 g/mol. The summed E-state index contributed by atoms with van der Waals surface area (Å²) in [6, 6.07) is 5.67. The molecule has 2 aromatic rings. The molecule has 23 heavy (non-hydrogen) atoms. The summed E-state index contributed by atoms with van der Waals surface area (Å²) in [5, 5.41) is 0. The number of pyridine rings is 1. The lowest BCUT2D eigenvalue weighted by Gasteiger charge is -2.47. The van der Waals surface area contributed by atoms with Gasteiger partial charge in [-0.1, -0.05) is 6.07 Å². The van der Waals surface area contributed by atoms with Crippen molar-refractivity contribution >= 4 is 17.7 Å². The van der Waals surface area contributed by atoms with E-state index in [9.17, 15) is 4.79 Å². The molecule has 0 bridgehead atoms. The molecule has 2 aromatic heterocycles. The second kappa shape index (κ2) is 5.81. The lowest BCUT2D eigenvalue weighted by molar-refractivity contribution is 0.0509. The number of hydrogen-bond donors (Lipinski definition) is 0. The van der Waals surface area contributed by atoms with Gasteiger partial charge in [-0.2, -0.15) is 0 Å². The lowest BCUT2D eigenvalue weighted by Crippen LogP contribution is -2.61. The summed E-state index contributed by atoms with van der Waals surface area (Å²) in [7, 11) is 0. The van der Waals surface area contributed by atoms with E-state index in [2.05, 4.69) is 15.0 Å². The first-order valence-electron chi connectivity index (χ1n) is 7.51. The summed E-state index contributed by atoms with van der Waals surface area (Å²) in [4.78, 5) is 26.4. The van der Waals surface area contributed by atoms with Crippen LogP contribution in [0.15, 0.2) is 43.0 Å². The molecule has 2 fully saturated rings. The fourth-order valence-corrected chi connectivity index (χ4v) is 4.57. The number of nitrogens with zero attached hydrogens (tertiary/aromatic N) is 4. The summed E-state index contributed by atoms with van der Waals surface area (Å²) >= 11 is 1.89. The predicted octanol–water partition coefficient (Wildman–Crippen LogP) is 1.65. The van der Waals surface area contributed by atoms with Crippen LogP contribution in [0.25, 0.3) is 0 Å². The van der Waals surface area contributed by atoms with Crippen LogP contribution in [0, 0.1) is 0 Å². The Balaban J connectivity index is 1.34. The van der Waals surface area contributed by atoms with Crippen LogP contribution in [0.2, 0.25) is 0 Å². The molecule has 1 amide bonds. The summed E-state index contributed by atoms with van der Waals surface area (Å²) in [5.41, 5.74) is 0.409. The highest BCUT2D eigenvalue weighted by Crippen LogP contribution is 2.46. The number of hydrogen-bond acceptors (Lipinski definition) is 6. The number of carbonyl (C=O) groups is 1. The number of carbonyl (C=O) groups excluding carboxylic acids is 1. The molecule has 1 atom stereocenters. The highest BCUT2D eigenvalue weighted by atomic mass is 32.2. The van der Waals surface area contributed by atoms with Gasteiger partial charge in [0.2, 0.25) is 5.88 Å². The van der Waals surface area contributed by atoms with Crippen LogP contribution < -0.4 is 4.74 Å². The molecule has 1 spiro atoms. The Morgan fingerprint density at radius 2 is 2.17 bits per heavy atom. The van der Waals surface area contributed by atoms with Gasteiger partial charge < -0.3 is 9.64 Å². The number of likely N-dealkylation sites (tertiary alicyclic amines) is 1. The Kier molecular flexibility index (Phi) is 3.65. The predicted molar refractivity (Wildman–Crippen MR) is 86.4 cm³/mol. The molecule has 2 saturated heterocycles. The number of amides is 1. The minimum Gasteiger partial charge on any atom is -0.473 e.